The molecule has 25 heavy (non-hydrogen) atoms. The molecule has 0 saturated carbocycles. The van der Waals surface area contributed by atoms with Gasteiger partial charge in [0.25, 0.3) is 0 Å². The third kappa shape index (κ3) is 3.48. The zero-order valence-corrected chi connectivity index (χ0v) is 13.2. The predicted molar refractivity (Wildman–Crippen MR) is 96.0 cm³/mol. The number of aromatic nitrogens is 5. The third-order valence-corrected chi connectivity index (χ3v) is 3.58. The Balaban J connectivity index is 1.55. The maximum atomic E-state index is 4.53. The molecule has 0 fully saturated rings. The highest BCUT2D eigenvalue weighted by atomic mass is 15.1. The van der Waals surface area contributed by atoms with E-state index >= 15 is 0 Å². The van der Waals surface area contributed by atoms with E-state index in [0.29, 0.717) is 17.3 Å². The number of nitrogens with zero attached hydrogens (tertiary/aromatic N) is 5. The summed E-state index contributed by atoms with van der Waals surface area (Å²) in [7, 11) is 0. The highest BCUT2D eigenvalue weighted by molar-refractivity contribution is 5.64. The fourth-order valence-corrected chi connectivity index (χ4v) is 2.37. The second kappa shape index (κ2) is 6.84. The van der Waals surface area contributed by atoms with Crippen LogP contribution in [0.1, 0.15) is 0 Å². The standard InChI is InChI=1S/C19H14N6/c1-2-9-22-16(5-1)17-12-21-13-19(24-17)25-18-7-6-15(11-23-18)14-4-3-8-20-10-14/h1-13H,(H,23,24,25). The van der Waals surface area contributed by atoms with E-state index in [1.165, 1.54) is 0 Å². The van der Waals surface area contributed by atoms with Gasteiger partial charge >= 0.3 is 0 Å². The Hall–Kier alpha value is -3.67. The summed E-state index contributed by atoms with van der Waals surface area (Å²) < 4.78 is 0. The van der Waals surface area contributed by atoms with Gasteiger partial charge in [0.15, 0.2) is 5.82 Å². The minimum Gasteiger partial charge on any atom is -0.324 e. The fourth-order valence-electron chi connectivity index (χ4n) is 2.37. The molecule has 0 aliphatic carbocycles. The molecular weight excluding hydrogens is 312 g/mol. The van der Waals surface area contributed by atoms with E-state index in [1.54, 1.807) is 31.0 Å². The van der Waals surface area contributed by atoms with Crippen molar-refractivity contribution in [2.24, 2.45) is 0 Å². The second-order valence-electron chi connectivity index (χ2n) is 5.30. The first-order valence-electron chi connectivity index (χ1n) is 7.75. The Bertz CT molecular complexity index is 956. The maximum Gasteiger partial charge on any atom is 0.150 e. The van der Waals surface area contributed by atoms with Gasteiger partial charge in [-0.05, 0) is 30.3 Å². The van der Waals surface area contributed by atoms with Gasteiger partial charge in [-0.25, -0.2) is 9.97 Å². The van der Waals surface area contributed by atoms with Gasteiger partial charge in [-0.3, -0.25) is 15.0 Å². The van der Waals surface area contributed by atoms with Gasteiger partial charge in [0, 0.05) is 35.9 Å². The predicted octanol–water partition coefficient (Wildman–Crippen LogP) is 3.74. The van der Waals surface area contributed by atoms with Crippen LogP contribution in [-0.2, 0) is 0 Å². The monoisotopic (exact) mass is 326 g/mol. The molecule has 120 valence electrons. The average Bonchev–Trinajstić information content (AvgIpc) is 2.70. The molecule has 0 atom stereocenters. The lowest BCUT2D eigenvalue weighted by atomic mass is 10.1. The first-order chi connectivity index (χ1) is 12.4. The minimum absolute atomic E-state index is 0.616. The van der Waals surface area contributed by atoms with Crippen LogP contribution >= 0.6 is 0 Å². The number of pyridine rings is 3. The summed E-state index contributed by atoms with van der Waals surface area (Å²) in [6.45, 7) is 0. The van der Waals surface area contributed by atoms with E-state index in [2.05, 4.69) is 30.2 Å². The Morgan fingerprint density at radius 1 is 0.600 bits per heavy atom. The zero-order valence-electron chi connectivity index (χ0n) is 13.2. The van der Waals surface area contributed by atoms with Gasteiger partial charge in [0.05, 0.1) is 18.1 Å². The van der Waals surface area contributed by atoms with E-state index in [0.717, 1.165) is 16.8 Å². The molecule has 0 bridgehead atoms. The smallest absolute Gasteiger partial charge is 0.150 e. The summed E-state index contributed by atoms with van der Waals surface area (Å²) in [6.07, 6.45) is 10.4. The molecule has 0 amide bonds. The summed E-state index contributed by atoms with van der Waals surface area (Å²) in [6, 6.07) is 13.5. The summed E-state index contributed by atoms with van der Waals surface area (Å²) in [5.41, 5.74) is 3.52. The lowest BCUT2D eigenvalue weighted by Crippen LogP contribution is -1.98. The van der Waals surface area contributed by atoms with E-state index in [1.807, 2.05) is 48.7 Å². The quantitative estimate of drug-likeness (QED) is 0.615. The number of anilines is 2. The van der Waals surface area contributed by atoms with Gasteiger partial charge in [-0.2, -0.15) is 0 Å². The molecule has 0 aliphatic heterocycles. The molecule has 0 radical (unpaired) electrons. The summed E-state index contributed by atoms with van der Waals surface area (Å²) in [5, 5.41) is 3.16. The molecule has 0 spiro atoms. The average molecular weight is 326 g/mol. The van der Waals surface area contributed by atoms with Crippen LogP contribution in [0.4, 0.5) is 11.6 Å². The SMILES string of the molecule is c1ccc(-c2cncc(Nc3ccc(-c4cccnc4)cn3)n2)nc1. The third-order valence-electron chi connectivity index (χ3n) is 3.58. The van der Waals surface area contributed by atoms with Crippen molar-refractivity contribution in [1.82, 2.24) is 24.9 Å². The largest absolute Gasteiger partial charge is 0.324 e. The molecule has 4 aromatic heterocycles. The maximum absolute atomic E-state index is 4.53. The van der Waals surface area contributed by atoms with Crippen LogP contribution in [0, 0.1) is 0 Å². The summed E-state index contributed by atoms with van der Waals surface area (Å²) >= 11 is 0. The minimum atomic E-state index is 0.616. The molecule has 0 aliphatic rings. The van der Waals surface area contributed by atoms with Crippen LogP contribution in [0.2, 0.25) is 0 Å². The van der Waals surface area contributed by atoms with Crippen molar-refractivity contribution in [3.05, 3.63) is 79.6 Å². The molecule has 4 rings (SSSR count). The lowest BCUT2D eigenvalue weighted by Gasteiger charge is -2.07. The molecule has 0 saturated heterocycles. The fraction of sp³-hybridized carbons (Fsp3) is 0. The molecular formula is C19H14N6. The van der Waals surface area contributed by atoms with Gasteiger partial charge in [-0.1, -0.05) is 12.1 Å². The highest BCUT2D eigenvalue weighted by Crippen LogP contribution is 2.20. The number of rotatable bonds is 4. The van der Waals surface area contributed by atoms with E-state index < -0.39 is 0 Å². The molecule has 0 unspecified atom stereocenters. The number of hydrogen-bond donors (Lipinski definition) is 1. The van der Waals surface area contributed by atoms with Gasteiger partial charge in [-0.15, -0.1) is 0 Å². The van der Waals surface area contributed by atoms with Crippen LogP contribution in [0.25, 0.3) is 22.5 Å². The van der Waals surface area contributed by atoms with Crippen molar-refractivity contribution >= 4 is 11.6 Å². The van der Waals surface area contributed by atoms with Crippen molar-refractivity contribution in [1.29, 1.82) is 0 Å². The molecule has 1 N–H and O–H groups in total. The van der Waals surface area contributed by atoms with Crippen molar-refractivity contribution < 1.29 is 0 Å². The van der Waals surface area contributed by atoms with Gasteiger partial charge < -0.3 is 5.32 Å². The molecule has 6 nitrogen and oxygen atoms in total. The van der Waals surface area contributed by atoms with E-state index in [-0.39, 0.29) is 0 Å². The van der Waals surface area contributed by atoms with Crippen molar-refractivity contribution in [3.8, 4) is 22.5 Å². The van der Waals surface area contributed by atoms with Crippen LogP contribution in [0.15, 0.2) is 79.6 Å². The summed E-state index contributed by atoms with van der Waals surface area (Å²) in [5.74, 6) is 1.31. The Labute approximate surface area is 144 Å². The van der Waals surface area contributed by atoms with Crippen LogP contribution in [0.3, 0.4) is 0 Å². The number of nitrogens with one attached hydrogen (secondary N) is 1. The normalized spacial score (nSPS) is 10.4. The Morgan fingerprint density at radius 3 is 2.32 bits per heavy atom. The summed E-state index contributed by atoms with van der Waals surface area (Å²) in [4.78, 5) is 21.6. The molecule has 6 heteroatoms. The van der Waals surface area contributed by atoms with E-state index in [4.69, 9.17) is 0 Å². The Kier molecular flexibility index (Phi) is 4.07. The van der Waals surface area contributed by atoms with Gasteiger partial charge in [0.1, 0.15) is 11.5 Å². The first kappa shape index (κ1) is 14.9. The van der Waals surface area contributed by atoms with Crippen molar-refractivity contribution in [2.45, 2.75) is 0 Å². The Morgan fingerprint density at radius 2 is 1.56 bits per heavy atom. The van der Waals surface area contributed by atoms with Gasteiger partial charge in [0.2, 0.25) is 0 Å². The molecule has 4 heterocycles. The second-order valence-corrected chi connectivity index (χ2v) is 5.30. The molecule has 0 aromatic carbocycles. The van der Waals surface area contributed by atoms with Crippen molar-refractivity contribution in [2.75, 3.05) is 5.32 Å². The topological polar surface area (TPSA) is 76.5 Å². The first-order valence-corrected chi connectivity index (χ1v) is 7.75. The van der Waals surface area contributed by atoms with E-state index in [9.17, 15) is 0 Å². The number of hydrogen-bond acceptors (Lipinski definition) is 6. The van der Waals surface area contributed by atoms with Crippen LogP contribution < -0.4 is 5.32 Å². The van der Waals surface area contributed by atoms with Crippen LogP contribution in [0.5, 0.6) is 0 Å². The zero-order chi connectivity index (χ0) is 16.9. The highest BCUT2D eigenvalue weighted by Gasteiger charge is 2.04. The molecule has 4 aromatic rings. The lowest BCUT2D eigenvalue weighted by molar-refractivity contribution is 1.16. The van der Waals surface area contributed by atoms with Crippen LogP contribution in [-0.4, -0.2) is 24.9 Å². The van der Waals surface area contributed by atoms with Crippen molar-refractivity contribution in [3.63, 3.8) is 0 Å².